The van der Waals surface area contributed by atoms with Crippen molar-refractivity contribution in [1.82, 2.24) is 10.3 Å². The van der Waals surface area contributed by atoms with Crippen molar-refractivity contribution in [1.29, 1.82) is 0 Å². The molecule has 0 saturated heterocycles. The van der Waals surface area contributed by atoms with Crippen LogP contribution in [0.2, 0.25) is 0 Å². The van der Waals surface area contributed by atoms with Crippen molar-refractivity contribution in [3.8, 4) is 11.1 Å². The van der Waals surface area contributed by atoms with Gasteiger partial charge in [0.15, 0.2) is 0 Å². The summed E-state index contributed by atoms with van der Waals surface area (Å²) in [6, 6.07) is 18.1. The lowest BCUT2D eigenvalue weighted by Crippen LogP contribution is -2.44. The van der Waals surface area contributed by atoms with E-state index in [1.807, 2.05) is 48.5 Å². The highest BCUT2D eigenvalue weighted by Crippen LogP contribution is 2.44. The van der Waals surface area contributed by atoms with E-state index in [1.54, 1.807) is 12.1 Å². The summed E-state index contributed by atoms with van der Waals surface area (Å²) in [6.07, 6.45) is 0.278. The fourth-order valence-corrected chi connectivity index (χ4v) is 4.23. The third-order valence-electron chi connectivity index (χ3n) is 5.59. The standard InChI is InChI=1S/C25H22BrN3O5/c26-22-11-9-15(13-27-22)28-24(32)21(10-12-23(30)31)29-25(33)34-14-20-18-7-3-1-5-16(18)17-6-2-4-8-19(17)20/h1-9,11,13,20-21H,10,12,14H2,(H,28,32)(H,29,33)(H,30,31). The largest absolute Gasteiger partial charge is 0.481 e. The second-order valence-corrected chi connectivity index (χ2v) is 8.63. The van der Waals surface area contributed by atoms with Crippen molar-refractivity contribution in [2.75, 3.05) is 11.9 Å². The van der Waals surface area contributed by atoms with Crippen LogP contribution in [-0.2, 0) is 14.3 Å². The molecule has 3 aromatic rings. The lowest BCUT2D eigenvalue weighted by atomic mass is 9.98. The Kier molecular flexibility index (Phi) is 7.22. The van der Waals surface area contributed by atoms with E-state index in [2.05, 4.69) is 31.5 Å². The van der Waals surface area contributed by atoms with Crippen LogP contribution < -0.4 is 10.6 Å². The van der Waals surface area contributed by atoms with Gasteiger partial charge in [0, 0.05) is 12.3 Å². The zero-order valence-electron chi connectivity index (χ0n) is 18.0. The summed E-state index contributed by atoms with van der Waals surface area (Å²) in [6.45, 7) is 0.0871. The number of hydrogen-bond acceptors (Lipinski definition) is 5. The first-order chi connectivity index (χ1) is 16.4. The van der Waals surface area contributed by atoms with E-state index in [0.717, 1.165) is 22.3 Å². The number of carbonyl (C=O) groups excluding carboxylic acids is 2. The molecule has 2 aromatic carbocycles. The molecule has 1 heterocycles. The van der Waals surface area contributed by atoms with Crippen LogP contribution in [0.15, 0.2) is 71.5 Å². The van der Waals surface area contributed by atoms with E-state index in [9.17, 15) is 14.4 Å². The molecular weight excluding hydrogens is 502 g/mol. The predicted octanol–water partition coefficient (Wildman–Crippen LogP) is 4.55. The maximum atomic E-state index is 12.7. The topological polar surface area (TPSA) is 118 Å². The molecule has 0 saturated carbocycles. The number of halogens is 1. The lowest BCUT2D eigenvalue weighted by Gasteiger charge is -2.19. The number of hydrogen-bond donors (Lipinski definition) is 3. The van der Waals surface area contributed by atoms with Gasteiger partial charge in [-0.2, -0.15) is 0 Å². The minimum Gasteiger partial charge on any atom is -0.481 e. The number of carboxylic acid groups (broad SMARTS) is 1. The molecule has 0 bridgehead atoms. The predicted molar refractivity (Wildman–Crippen MR) is 129 cm³/mol. The van der Waals surface area contributed by atoms with Crippen LogP contribution in [0, 0.1) is 0 Å². The Morgan fingerprint density at radius 3 is 2.24 bits per heavy atom. The van der Waals surface area contributed by atoms with Crippen LogP contribution in [0.25, 0.3) is 11.1 Å². The van der Waals surface area contributed by atoms with Gasteiger partial charge in [-0.1, -0.05) is 48.5 Å². The molecule has 174 valence electrons. The highest BCUT2D eigenvalue weighted by molar-refractivity contribution is 9.10. The molecule has 0 aliphatic heterocycles. The fourth-order valence-electron chi connectivity index (χ4n) is 4.00. The zero-order valence-corrected chi connectivity index (χ0v) is 19.6. The van der Waals surface area contributed by atoms with Crippen LogP contribution in [0.1, 0.15) is 29.9 Å². The van der Waals surface area contributed by atoms with E-state index >= 15 is 0 Å². The number of aromatic nitrogens is 1. The van der Waals surface area contributed by atoms with Gasteiger partial charge in [0.1, 0.15) is 17.3 Å². The molecule has 3 N–H and O–H groups in total. The Hall–Kier alpha value is -3.72. The monoisotopic (exact) mass is 523 g/mol. The smallest absolute Gasteiger partial charge is 0.407 e. The highest BCUT2D eigenvalue weighted by atomic mass is 79.9. The van der Waals surface area contributed by atoms with Gasteiger partial charge in [-0.25, -0.2) is 9.78 Å². The Bertz CT molecular complexity index is 1170. The van der Waals surface area contributed by atoms with Crippen molar-refractivity contribution in [3.05, 3.63) is 82.6 Å². The number of alkyl carbamates (subject to hydrolysis) is 1. The molecule has 2 amide bonds. The van der Waals surface area contributed by atoms with Crippen LogP contribution in [-0.4, -0.2) is 40.7 Å². The van der Waals surface area contributed by atoms with Crippen molar-refractivity contribution >= 4 is 39.6 Å². The SMILES string of the molecule is O=C(O)CCC(NC(=O)OCC1c2ccccc2-c2ccccc21)C(=O)Nc1ccc(Br)nc1. The molecule has 1 unspecified atom stereocenters. The first-order valence-corrected chi connectivity index (χ1v) is 11.5. The minimum absolute atomic E-state index is 0.0871. The van der Waals surface area contributed by atoms with E-state index in [0.29, 0.717) is 10.3 Å². The van der Waals surface area contributed by atoms with Gasteiger partial charge in [-0.05, 0) is 56.7 Å². The van der Waals surface area contributed by atoms with E-state index in [-0.39, 0.29) is 25.4 Å². The molecule has 0 fully saturated rings. The van der Waals surface area contributed by atoms with Crippen molar-refractivity contribution in [2.45, 2.75) is 24.8 Å². The van der Waals surface area contributed by atoms with Crippen LogP contribution in [0.3, 0.4) is 0 Å². The summed E-state index contributed by atoms with van der Waals surface area (Å²) >= 11 is 3.22. The molecule has 1 aliphatic carbocycles. The summed E-state index contributed by atoms with van der Waals surface area (Å²) in [5.41, 5.74) is 4.77. The van der Waals surface area contributed by atoms with Gasteiger partial charge >= 0.3 is 12.1 Å². The second-order valence-electron chi connectivity index (χ2n) is 7.81. The van der Waals surface area contributed by atoms with Gasteiger partial charge in [0.25, 0.3) is 0 Å². The average molecular weight is 524 g/mol. The Labute approximate surface area is 204 Å². The second kappa shape index (κ2) is 10.5. The number of aliphatic carboxylic acids is 1. The molecule has 9 heteroatoms. The maximum absolute atomic E-state index is 12.7. The number of carboxylic acids is 1. The highest BCUT2D eigenvalue weighted by Gasteiger charge is 2.30. The molecule has 1 aromatic heterocycles. The number of pyridine rings is 1. The number of ether oxygens (including phenoxy) is 1. The van der Waals surface area contributed by atoms with Gasteiger partial charge in [-0.3, -0.25) is 9.59 Å². The normalized spacial score (nSPS) is 12.9. The summed E-state index contributed by atoms with van der Waals surface area (Å²) in [5.74, 6) is -1.75. The van der Waals surface area contributed by atoms with E-state index < -0.39 is 24.0 Å². The number of amides is 2. The van der Waals surface area contributed by atoms with Crippen molar-refractivity contribution in [3.63, 3.8) is 0 Å². The first kappa shape index (κ1) is 23.4. The fraction of sp³-hybridized carbons (Fsp3) is 0.200. The van der Waals surface area contributed by atoms with Crippen molar-refractivity contribution in [2.24, 2.45) is 0 Å². The summed E-state index contributed by atoms with van der Waals surface area (Å²) in [7, 11) is 0. The van der Waals surface area contributed by atoms with Crippen LogP contribution in [0.5, 0.6) is 0 Å². The molecule has 8 nitrogen and oxygen atoms in total. The summed E-state index contributed by atoms with van der Waals surface area (Å²) in [4.78, 5) is 40.4. The summed E-state index contributed by atoms with van der Waals surface area (Å²) in [5, 5.41) is 14.2. The molecule has 34 heavy (non-hydrogen) atoms. The number of rotatable bonds is 8. The molecule has 0 radical (unpaired) electrons. The van der Waals surface area contributed by atoms with Gasteiger partial charge in [-0.15, -0.1) is 0 Å². The minimum atomic E-state index is -1.09. The molecule has 1 atom stereocenters. The maximum Gasteiger partial charge on any atom is 0.407 e. The quantitative estimate of drug-likeness (QED) is 0.372. The van der Waals surface area contributed by atoms with E-state index in [1.165, 1.54) is 6.20 Å². The lowest BCUT2D eigenvalue weighted by molar-refractivity contribution is -0.137. The zero-order chi connectivity index (χ0) is 24.1. The van der Waals surface area contributed by atoms with Crippen LogP contribution in [0.4, 0.5) is 10.5 Å². The number of nitrogens with one attached hydrogen (secondary N) is 2. The number of fused-ring (bicyclic) bond motifs is 3. The van der Waals surface area contributed by atoms with Gasteiger partial charge in [0.2, 0.25) is 5.91 Å². The number of carbonyl (C=O) groups is 3. The number of nitrogens with zero attached hydrogens (tertiary/aromatic N) is 1. The molecule has 4 rings (SSSR count). The van der Waals surface area contributed by atoms with E-state index in [4.69, 9.17) is 9.84 Å². The Morgan fingerprint density at radius 2 is 1.65 bits per heavy atom. The Balaban J connectivity index is 1.42. The Morgan fingerprint density at radius 1 is 1.00 bits per heavy atom. The van der Waals surface area contributed by atoms with Crippen molar-refractivity contribution < 1.29 is 24.2 Å². The van der Waals surface area contributed by atoms with Gasteiger partial charge < -0.3 is 20.5 Å². The average Bonchev–Trinajstić information content (AvgIpc) is 3.15. The molecule has 0 spiro atoms. The number of benzene rings is 2. The van der Waals surface area contributed by atoms with Crippen LogP contribution >= 0.6 is 15.9 Å². The molecule has 1 aliphatic rings. The third kappa shape index (κ3) is 5.43. The first-order valence-electron chi connectivity index (χ1n) is 10.7. The molecular formula is C25H22BrN3O5. The number of anilines is 1. The summed E-state index contributed by atoms with van der Waals surface area (Å²) < 4.78 is 6.10. The van der Waals surface area contributed by atoms with Gasteiger partial charge in [0.05, 0.1) is 11.9 Å². The third-order valence-corrected chi connectivity index (χ3v) is 6.06.